The minimum absolute atomic E-state index is 0.651. The Morgan fingerprint density at radius 1 is 0.909 bits per heavy atom. The molecule has 0 aliphatic carbocycles. The zero-order valence-corrected chi connectivity index (χ0v) is 14.2. The van der Waals surface area contributed by atoms with Crippen LogP contribution >= 0.6 is 23.2 Å². The van der Waals surface area contributed by atoms with Gasteiger partial charge < -0.3 is 0 Å². The lowest BCUT2D eigenvalue weighted by Crippen LogP contribution is -2.33. The second-order valence-electron chi connectivity index (χ2n) is 6.12. The minimum Gasteiger partial charge on any atom is -0.299 e. The highest BCUT2D eigenvalue weighted by molar-refractivity contribution is 6.42. The first-order chi connectivity index (χ1) is 10.7. The van der Waals surface area contributed by atoms with Crippen molar-refractivity contribution in [2.45, 2.75) is 25.8 Å². The van der Waals surface area contributed by atoms with Crippen LogP contribution in [0.2, 0.25) is 10.0 Å². The van der Waals surface area contributed by atoms with E-state index in [2.05, 4.69) is 41.3 Å². The number of piperidine rings is 1. The van der Waals surface area contributed by atoms with Gasteiger partial charge in [0.25, 0.3) is 0 Å². The maximum atomic E-state index is 6.29. The molecule has 0 aromatic heterocycles. The predicted octanol–water partition coefficient (Wildman–Crippen LogP) is 5.45. The fraction of sp³-hybridized carbons (Fsp3) is 0.368. The Labute approximate surface area is 142 Å². The summed E-state index contributed by atoms with van der Waals surface area (Å²) in [6.07, 6.45) is 3.72. The highest BCUT2D eigenvalue weighted by atomic mass is 35.5. The van der Waals surface area contributed by atoms with Gasteiger partial charge in [-0.25, -0.2) is 0 Å². The molecule has 1 aliphatic rings. The average molecular weight is 334 g/mol. The fourth-order valence-corrected chi connectivity index (χ4v) is 3.59. The first kappa shape index (κ1) is 15.9. The van der Waals surface area contributed by atoms with Crippen LogP contribution < -0.4 is 0 Å². The topological polar surface area (TPSA) is 3.24 Å². The summed E-state index contributed by atoms with van der Waals surface area (Å²) in [6.45, 7) is 3.18. The van der Waals surface area contributed by atoms with Crippen LogP contribution in [0.4, 0.5) is 0 Å². The first-order valence-corrected chi connectivity index (χ1v) is 8.67. The second kappa shape index (κ2) is 7.50. The van der Waals surface area contributed by atoms with Gasteiger partial charge >= 0.3 is 0 Å². The molecule has 2 aromatic rings. The van der Waals surface area contributed by atoms with Crippen LogP contribution in [-0.2, 0) is 13.0 Å². The molecule has 22 heavy (non-hydrogen) atoms. The number of benzene rings is 2. The molecule has 0 saturated carbocycles. The molecule has 3 heteroatoms. The fourth-order valence-electron chi connectivity index (χ4n) is 3.21. The molecule has 1 nitrogen and oxygen atoms in total. The van der Waals surface area contributed by atoms with Crippen LogP contribution in [0.1, 0.15) is 24.0 Å². The summed E-state index contributed by atoms with van der Waals surface area (Å²) in [5.41, 5.74) is 2.59. The minimum atomic E-state index is 0.651. The largest absolute Gasteiger partial charge is 0.299 e. The average Bonchev–Trinajstić information content (AvgIpc) is 2.55. The summed E-state index contributed by atoms with van der Waals surface area (Å²) >= 11 is 12.4. The summed E-state index contributed by atoms with van der Waals surface area (Å²) in [4.78, 5) is 2.49. The summed E-state index contributed by atoms with van der Waals surface area (Å²) in [5.74, 6) is 0.800. The van der Waals surface area contributed by atoms with Crippen LogP contribution in [0.15, 0.2) is 48.5 Å². The smallest absolute Gasteiger partial charge is 0.0637 e. The third-order valence-electron chi connectivity index (χ3n) is 4.50. The highest BCUT2D eigenvalue weighted by Crippen LogP contribution is 2.28. The Bertz CT molecular complexity index is 604. The van der Waals surface area contributed by atoms with Gasteiger partial charge in [0, 0.05) is 6.54 Å². The van der Waals surface area contributed by atoms with E-state index in [0.29, 0.717) is 10.0 Å². The Morgan fingerprint density at radius 2 is 1.64 bits per heavy atom. The first-order valence-electron chi connectivity index (χ1n) is 7.91. The van der Waals surface area contributed by atoms with E-state index in [1.54, 1.807) is 0 Å². The Balaban J connectivity index is 1.52. The van der Waals surface area contributed by atoms with Gasteiger partial charge in [0.1, 0.15) is 0 Å². The molecule has 2 aromatic carbocycles. The van der Waals surface area contributed by atoms with Crippen LogP contribution in [0.3, 0.4) is 0 Å². The summed E-state index contributed by atoms with van der Waals surface area (Å²) in [6, 6.07) is 16.7. The van der Waals surface area contributed by atoms with Crippen LogP contribution in [0, 0.1) is 5.92 Å². The van der Waals surface area contributed by atoms with Crippen LogP contribution in [0.25, 0.3) is 0 Å². The van der Waals surface area contributed by atoms with Gasteiger partial charge in [0.05, 0.1) is 10.0 Å². The lowest BCUT2D eigenvalue weighted by atomic mass is 9.90. The van der Waals surface area contributed by atoms with Gasteiger partial charge in [-0.2, -0.15) is 0 Å². The molecule has 3 rings (SSSR count). The number of rotatable bonds is 4. The Morgan fingerprint density at radius 3 is 2.36 bits per heavy atom. The molecule has 116 valence electrons. The summed E-state index contributed by atoms with van der Waals surface area (Å²) < 4.78 is 0. The van der Waals surface area contributed by atoms with Crippen LogP contribution in [0.5, 0.6) is 0 Å². The van der Waals surface area contributed by atoms with Crippen molar-refractivity contribution in [1.82, 2.24) is 4.90 Å². The van der Waals surface area contributed by atoms with E-state index < -0.39 is 0 Å². The normalized spacial score (nSPS) is 16.8. The van der Waals surface area contributed by atoms with Gasteiger partial charge in [-0.3, -0.25) is 4.90 Å². The maximum Gasteiger partial charge on any atom is 0.0637 e. The molecule has 0 spiro atoms. The zero-order valence-electron chi connectivity index (χ0n) is 12.6. The standard InChI is InChI=1S/C19H21Cl2N/c20-18-8-4-7-17(19(18)21)14-22-11-9-16(10-12-22)13-15-5-2-1-3-6-15/h1-8,16H,9-14H2. The van der Waals surface area contributed by atoms with Gasteiger partial charge in [0.2, 0.25) is 0 Å². The Hall–Kier alpha value is -1.02. The molecule has 0 bridgehead atoms. The number of likely N-dealkylation sites (tertiary alicyclic amines) is 1. The van der Waals surface area contributed by atoms with Crippen molar-refractivity contribution in [3.63, 3.8) is 0 Å². The van der Waals surface area contributed by atoms with Gasteiger partial charge in [-0.15, -0.1) is 0 Å². The zero-order chi connectivity index (χ0) is 15.4. The molecule has 0 atom stereocenters. The number of nitrogens with zero attached hydrogens (tertiary/aromatic N) is 1. The molecule has 1 saturated heterocycles. The van der Waals surface area contributed by atoms with Crippen molar-refractivity contribution in [3.8, 4) is 0 Å². The second-order valence-corrected chi connectivity index (χ2v) is 6.91. The summed E-state index contributed by atoms with van der Waals surface area (Å²) in [5, 5.41) is 1.36. The Kier molecular flexibility index (Phi) is 5.41. The molecule has 0 N–H and O–H groups in total. The van der Waals surface area contributed by atoms with Crippen molar-refractivity contribution < 1.29 is 0 Å². The molecule has 1 heterocycles. The van der Waals surface area contributed by atoms with Gasteiger partial charge in [0.15, 0.2) is 0 Å². The van der Waals surface area contributed by atoms with Crippen molar-refractivity contribution in [1.29, 1.82) is 0 Å². The van der Waals surface area contributed by atoms with Gasteiger partial charge in [-0.05, 0) is 55.5 Å². The van der Waals surface area contributed by atoms with E-state index >= 15 is 0 Å². The molecular formula is C19H21Cl2N. The monoisotopic (exact) mass is 333 g/mol. The number of hydrogen-bond donors (Lipinski definition) is 0. The number of hydrogen-bond acceptors (Lipinski definition) is 1. The lowest BCUT2D eigenvalue weighted by Gasteiger charge is -2.32. The van der Waals surface area contributed by atoms with Crippen molar-refractivity contribution in [2.24, 2.45) is 5.92 Å². The third kappa shape index (κ3) is 4.04. The van der Waals surface area contributed by atoms with E-state index in [-0.39, 0.29) is 0 Å². The van der Waals surface area contributed by atoms with Crippen molar-refractivity contribution in [2.75, 3.05) is 13.1 Å². The van der Waals surface area contributed by atoms with Crippen molar-refractivity contribution in [3.05, 3.63) is 69.7 Å². The summed E-state index contributed by atoms with van der Waals surface area (Å²) in [7, 11) is 0. The quantitative estimate of drug-likeness (QED) is 0.719. The molecule has 0 amide bonds. The number of halogens is 2. The van der Waals surface area contributed by atoms with E-state index in [1.165, 1.54) is 24.8 Å². The van der Waals surface area contributed by atoms with E-state index in [4.69, 9.17) is 23.2 Å². The van der Waals surface area contributed by atoms with E-state index in [1.807, 2.05) is 12.1 Å². The van der Waals surface area contributed by atoms with E-state index in [0.717, 1.165) is 31.1 Å². The molecule has 1 fully saturated rings. The highest BCUT2D eigenvalue weighted by Gasteiger charge is 2.20. The molecule has 0 radical (unpaired) electrons. The SMILES string of the molecule is Clc1cccc(CN2CCC(Cc3ccccc3)CC2)c1Cl. The maximum absolute atomic E-state index is 6.29. The third-order valence-corrected chi connectivity index (χ3v) is 5.36. The molecule has 1 aliphatic heterocycles. The van der Waals surface area contributed by atoms with Crippen LogP contribution in [-0.4, -0.2) is 18.0 Å². The van der Waals surface area contributed by atoms with E-state index in [9.17, 15) is 0 Å². The predicted molar refractivity (Wildman–Crippen MR) is 94.6 cm³/mol. The lowest BCUT2D eigenvalue weighted by molar-refractivity contribution is 0.177. The van der Waals surface area contributed by atoms with Crippen molar-refractivity contribution >= 4 is 23.2 Å². The van der Waals surface area contributed by atoms with Gasteiger partial charge in [-0.1, -0.05) is 65.7 Å². The molecular weight excluding hydrogens is 313 g/mol. The molecule has 0 unspecified atom stereocenters.